The SMILES string of the molecule is [CH2]C1CCc2nccn2C1. The van der Waals surface area contributed by atoms with Crippen LogP contribution in [0.1, 0.15) is 12.2 Å². The molecule has 0 bridgehead atoms. The molecule has 1 aromatic rings. The van der Waals surface area contributed by atoms with Crippen LogP contribution in [-0.2, 0) is 13.0 Å². The molecule has 0 aromatic carbocycles. The largest absolute Gasteiger partial charge is 0.335 e. The molecular weight excluding hydrogens is 124 g/mol. The monoisotopic (exact) mass is 135 g/mol. The Hall–Kier alpha value is -0.790. The zero-order valence-electron chi connectivity index (χ0n) is 5.95. The Morgan fingerprint density at radius 2 is 2.60 bits per heavy atom. The first-order valence-electron chi connectivity index (χ1n) is 3.69. The number of aromatic nitrogens is 2. The van der Waals surface area contributed by atoms with Gasteiger partial charge in [-0.3, -0.25) is 0 Å². The molecule has 0 fully saturated rings. The molecule has 1 aromatic heterocycles. The van der Waals surface area contributed by atoms with E-state index in [-0.39, 0.29) is 0 Å². The Bertz CT molecular complexity index is 227. The van der Waals surface area contributed by atoms with Crippen molar-refractivity contribution in [3.63, 3.8) is 0 Å². The first kappa shape index (κ1) is 5.96. The summed E-state index contributed by atoms with van der Waals surface area (Å²) in [6.07, 6.45) is 6.19. The molecule has 1 radical (unpaired) electrons. The molecule has 2 heteroatoms. The lowest BCUT2D eigenvalue weighted by atomic mass is 10.0. The molecular formula is C8H11N2. The number of fused-ring (bicyclic) bond motifs is 1. The van der Waals surface area contributed by atoms with Gasteiger partial charge in [0.1, 0.15) is 5.82 Å². The topological polar surface area (TPSA) is 17.8 Å². The lowest BCUT2D eigenvalue weighted by Gasteiger charge is -2.19. The van der Waals surface area contributed by atoms with Crippen LogP contribution < -0.4 is 0 Å². The number of hydrogen-bond donors (Lipinski definition) is 0. The number of hydrogen-bond acceptors (Lipinski definition) is 1. The van der Waals surface area contributed by atoms with Gasteiger partial charge in [-0.1, -0.05) is 0 Å². The van der Waals surface area contributed by atoms with Crippen LogP contribution in [-0.4, -0.2) is 9.55 Å². The second-order valence-electron chi connectivity index (χ2n) is 2.90. The third-order valence-electron chi connectivity index (χ3n) is 2.03. The van der Waals surface area contributed by atoms with E-state index in [1.165, 1.54) is 12.2 Å². The van der Waals surface area contributed by atoms with Crippen molar-refractivity contribution >= 4 is 0 Å². The lowest BCUT2D eigenvalue weighted by molar-refractivity contribution is 0.427. The van der Waals surface area contributed by atoms with Crippen molar-refractivity contribution in [2.24, 2.45) is 5.92 Å². The van der Waals surface area contributed by atoms with Crippen molar-refractivity contribution in [3.05, 3.63) is 25.1 Å². The maximum Gasteiger partial charge on any atom is 0.108 e. The molecule has 1 atom stereocenters. The molecule has 1 unspecified atom stereocenters. The highest BCUT2D eigenvalue weighted by Gasteiger charge is 2.13. The molecule has 1 aliphatic rings. The predicted molar refractivity (Wildman–Crippen MR) is 39.4 cm³/mol. The van der Waals surface area contributed by atoms with Crippen LogP contribution in [0.15, 0.2) is 12.4 Å². The first-order valence-corrected chi connectivity index (χ1v) is 3.69. The molecule has 0 spiro atoms. The fourth-order valence-electron chi connectivity index (χ4n) is 1.44. The van der Waals surface area contributed by atoms with Gasteiger partial charge in [0.2, 0.25) is 0 Å². The maximum atomic E-state index is 4.23. The molecule has 0 saturated carbocycles. The molecule has 0 aliphatic carbocycles. The summed E-state index contributed by atoms with van der Waals surface area (Å²) in [5.74, 6) is 1.81. The molecule has 0 amide bonds. The van der Waals surface area contributed by atoms with Crippen LogP contribution in [0.3, 0.4) is 0 Å². The Labute approximate surface area is 60.9 Å². The highest BCUT2D eigenvalue weighted by molar-refractivity contribution is 4.96. The summed E-state index contributed by atoms with van der Waals surface area (Å²) in [4.78, 5) is 4.23. The van der Waals surface area contributed by atoms with Gasteiger partial charge in [0, 0.05) is 25.4 Å². The third-order valence-corrected chi connectivity index (χ3v) is 2.03. The fraction of sp³-hybridized carbons (Fsp3) is 0.500. The minimum Gasteiger partial charge on any atom is -0.335 e. The standard InChI is InChI=1S/C8H11N2/c1-7-2-3-8-9-4-5-10(8)6-7/h4-5,7H,1-3,6H2. The van der Waals surface area contributed by atoms with E-state index in [0.29, 0.717) is 5.92 Å². The van der Waals surface area contributed by atoms with Crippen molar-refractivity contribution in [2.75, 3.05) is 0 Å². The quantitative estimate of drug-likeness (QED) is 0.524. The summed E-state index contributed by atoms with van der Waals surface area (Å²) in [6, 6.07) is 0. The maximum absolute atomic E-state index is 4.23. The molecule has 2 rings (SSSR count). The van der Waals surface area contributed by atoms with Crippen molar-refractivity contribution in [1.29, 1.82) is 0 Å². The van der Waals surface area contributed by atoms with Gasteiger partial charge in [0.25, 0.3) is 0 Å². The van der Waals surface area contributed by atoms with Gasteiger partial charge in [-0.25, -0.2) is 4.98 Å². The summed E-state index contributed by atoms with van der Waals surface area (Å²) >= 11 is 0. The van der Waals surface area contributed by atoms with Gasteiger partial charge in [0.05, 0.1) is 0 Å². The van der Waals surface area contributed by atoms with Crippen LogP contribution >= 0.6 is 0 Å². The van der Waals surface area contributed by atoms with Gasteiger partial charge in [-0.05, 0) is 19.3 Å². The van der Waals surface area contributed by atoms with Crippen molar-refractivity contribution < 1.29 is 0 Å². The summed E-state index contributed by atoms with van der Waals surface area (Å²) in [6.45, 7) is 5.08. The average molecular weight is 135 g/mol. The predicted octanol–water partition coefficient (Wildman–Crippen LogP) is 1.28. The van der Waals surface area contributed by atoms with Crippen molar-refractivity contribution in [2.45, 2.75) is 19.4 Å². The molecule has 10 heavy (non-hydrogen) atoms. The van der Waals surface area contributed by atoms with Gasteiger partial charge in [-0.15, -0.1) is 0 Å². The van der Waals surface area contributed by atoms with E-state index >= 15 is 0 Å². The zero-order valence-corrected chi connectivity index (χ0v) is 5.95. The number of imidazole rings is 1. The van der Waals surface area contributed by atoms with E-state index < -0.39 is 0 Å². The third kappa shape index (κ3) is 0.838. The number of aryl methyl sites for hydroxylation is 1. The Morgan fingerprint density at radius 1 is 1.70 bits per heavy atom. The zero-order chi connectivity index (χ0) is 6.97. The highest BCUT2D eigenvalue weighted by Crippen LogP contribution is 2.16. The van der Waals surface area contributed by atoms with Gasteiger partial charge in [0.15, 0.2) is 0 Å². The van der Waals surface area contributed by atoms with Crippen molar-refractivity contribution in [1.82, 2.24) is 9.55 Å². The second kappa shape index (κ2) is 2.11. The molecule has 2 heterocycles. The van der Waals surface area contributed by atoms with Crippen LogP contribution in [0.25, 0.3) is 0 Å². The Kier molecular flexibility index (Phi) is 1.26. The summed E-state index contributed by atoms with van der Waals surface area (Å²) < 4.78 is 2.20. The molecule has 2 nitrogen and oxygen atoms in total. The van der Waals surface area contributed by atoms with E-state index in [4.69, 9.17) is 0 Å². The summed E-state index contributed by atoms with van der Waals surface area (Å²) in [7, 11) is 0. The second-order valence-corrected chi connectivity index (χ2v) is 2.90. The van der Waals surface area contributed by atoms with E-state index in [9.17, 15) is 0 Å². The number of nitrogens with zero attached hydrogens (tertiary/aromatic N) is 2. The minimum absolute atomic E-state index is 0.585. The molecule has 1 aliphatic heterocycles. The summed E-state index contributed by atoms with van der Waals surface area (Å²) in [5, 5.41) is 0. The van der Waals surface area contributed by atoms with Gasteiger partial charge in [-0.2, -0.15) is 0 Å². The lowest BCUT2D eigenvalue weighted by Crippen LogP contribution is -2.17. The van der Waals surface area contributed by atoms with E-state index in [1.807, 2.05) is 12.4 Å². The molecule has 53 valence electrons. The minimum atomic E-state index is 0.585. The van der Waals surface area contributed by atoms with Crippen molar-refractivity contribution in [3.8, 4) is 0 Å². The van der Waals surface area contributed by atoms with Crippen LogP contribution in [0.5, 0.6) is 0 Å². The van der Waals surface area contributed by atoms with E-state index in [1.54, 1.807) is 0 Å². The molecule has 0 N–H and O–H groups in total. The van der Waals surface area contributed by atoms with Crippen LogP contribution in [0, 0.1) is 12.8 Å². The fourth-order valence-corrected chi connectivity index (χ4v) is 1.44. The van der Waals surface area contributed by atoms with Gasteiger partial charge >= 0.3 is 0 Å². The van der Waals surface area contributed by atoms with Crippen LogP contribution in [0.2, 0.25) is 0 Å². The first-order chi connectivity index (χ1) is 4.86. The normalized spacial score (nSPS) is 24.3. The van der Waals surface area contributed by atoms with Gasteiger partial charge < -0.3 is 4.57 Å². The highest BCUT2D eigenvalue weighted by atomic mass is 15.1. The summed E-state index contributed by atoms with van der Waals surface area (Å²) in [5.41, 5.74) is 0. The van der Waals surface area contributed by atoms with Crippen LogP contribution in [0.4, 0.5) is 0 Å². The van der Waals surface area contributed by atoms with E-state index in [2.05, 4.69) is 16.5 Å². The average Bonchev–Trinajstić information content (AvgIpc) is 2.33. The van der Waals surface area contributed by atoms with E-state index in [0.717, 1.165) is 13.0 Å². The smallest absolute Gasteiger partial charge is 0.108 e. The molecule has 0 saturated heterocycles. The number of rotatable bonds is 0. The Balaban J connectivity index is 2.30. The Morgan fingerprint density at radius 3 is 3.50 bits per heavy atom.